The number of anilines is 1. The van der Waals surface area contributed by atoms with Gasteiger partial charge < -0.3 is 20.3 Å². The lowest BCUT2D eigenvalue weighted by Crippen LogP contribution is -2.31. The van der Waals surface area contributed by atoms with E-state index in [0.29, 0.717) is 17.4 Å². The molecule has 3 N–H and O–H groups in total. The Kier molecular flexibility index (Phi) is 3.92. The molecule has 0 spiro atoms. The minimum atomic E-state index is -0.121. The van der Waals surface area contributed by atoms with Gasteiger partial charge in [0, 0.05) is 17.9 Å². The number of nitrogens with one attached hydrogen (secondary N) is 2. The summed E-state index contributed by atoms with van der Waals surface area (Å²) in [7, 11) is 0. The highest BCUT2D eigenvalue weighted by Gasteiger charge is 2.19. The van der Waals surface area contributed by atoms with Crippen molar-refractivity contribution in [3.05, 3.63) is 48.3 Å². The summed E-state index contributed by atoms with van der Waals surface area (Å²) >= 11 is 0. The molecule has 1 amide bonds. The second-order valence-corrected chi connectivity index (χ2v) is 5.28. The fourth-order valence-corrected chi connectivity index (χ4v) is 2.73. The van der Waals surface area contributed by atoms with E-state index in [2.05, 4.69) is 15.2 Å². The molecule has 2 aromatic rings. The van der Waals surface area contributed by atoms with Crippen molar-refractivity contribution in [3.8, 4) is 5.75 Å². The average Bonchev–Trinajstić information content (AvgIpc) is 3.00. The van der Waals surface area contributed by atoms with Crippen molar-refractivity contribution in [2.24, 2.45) is 0 Å². The van der Waals surface area contributed by atoms with Gasteiger partial charge in [-0.15, -0.1) is 0 Å². The number of piperidine rings is 1. The number of amides is 1. The third-order valence-corrected chi connectivity index (χ3v) is 3.84. The quantitative estimate of drug-likeness (QED) is 0.759. The minimum Gasteiger partial charge on any atom is -0.508 e. The van der Waals surface area contributed by atoms with Crippen molar-refractivity contribution >= 4 is 11.6 Å². The van der Waals surface area contributed by atoms with Crippen LogP contribution in [-0.2, 0) is 0 Å². The number of phenols is 1. The molecule has 1 aromatic carbocycles. The molecule has 5 nitrogen and oxygen atoms in total. The molecule has 3 rings (SSSR count). The molecule has 0 bridgehead atoms. The van der Waals surface area contributed by atoms with Crippen LogP contribution in [0.1, 0.15) is 29.4 Å². The van der Waals surface area contributed by atoms with Crippen LogP contribution in [0, 0.1) is 0 Å². The van der Waals surface area contributed by atoms with E-state index in [1.54, 1.807) is 24.3 Å². The van der Waals surface area contributed by atoms with Crippen LogP contribution < -0.4 is 10.6 Å². The van der Waals surface area contributed by atoms with Crippen LogP contribution in [0.5, 0.6) is 5.75 Å². The van der Waals surface area contributed by atoms with E-state index >= 15 is 0 Å². The Bertz CT molecular complexity index is 613. The Hall–Kier alpha value is -2.27. The lowest BCUT2D eigenvalue weighted by Gasteiger charge is -2.25. The number of carbonyl (C=O) groups is 1. The van der Waals surface area contributed by atoms with Crippen molar-refractivity contribution in [1.82, 2.24) is 9.88 Å². The maximum Gasteiger partial charge on any atom is 0.272 e. The van der Waals surface area contributed by atoms with Crippen LogP contribution >= 0.6 is 0 Å². The molecule has 1 aromatic heterocycles. The molecule has 0 saturated carbocycles. The summed E-state index contributed by atoms with van der Waals surface area (Å²) in [5.74, 6) is 0.0651. The zero-order chi connectivity index (χ0) is 14.7. The molecular weight excluding hydrogens is 266 g/mol. The Morgan fingerprint density at radius 2 is 1.90 bits per heavy atom. The van der Waals surface area contributed by atoms with Gasteiger partial charge in [-0.2, -0.15) is 0 Å². The van der Waals surface area contributed by atoms with Crippen LogP contribution in [0.3, 0.4) is 0 Å². The van der Waals surface area contributed by atoms with E-state index < -0.39 is 0 Å². The first-order valence-corrected chi connectivity index (χ1v) is 7.22. The maximum atomic E-state index is 12.4. The number of aromatic hydroxyl groups is 1. The Balaban J connectivity index is 1.75. The molecule has 0 aliphatic carbocycles. The van der Waals surface area contributed by atoms with Crippen molar-refractivity contribution in [3.63, 3.8) is 0 Å². The fourth-order valence-electron chi connectivity index (χ4n) is 2.73. The standard InChI is InChI=1S/C16H19N3O2/c20-14-5-3-12(4-6-14)18-16(21)15-2-1-11-19(15)13-7-9-17-10-8-13/h1-6,11,13,17,20H,7-10H2,(H,18,21). The zero-order valence-electron chi connectivity index (χ0n) is 11.7. The highest BCUT2D eigenvalue weighted by Crippen LogP contribution is 2.22. The van der Waals surface area contributed by atoms with Gasteiger partial charge in [0.05, 0.1) is 0 Å². The van der Waals surface area contributed by atoms with Gasteiger partial charge in [-0.1, -0.05) is 0 Å². The molecule has 5 heteroatoms. The average molecular weight is 285 g/mol. The number of benzene rings is 1. The molecule has 1 aliphatic heterocycles. The molecule has 1 aliphatic rings. The SMILES string of the molecule is O=C(Nc1ccc(O)cc1)c1cccn1C1CCNCC1. The van der Waals surface area contributed by atoms with Gasteiger partial charge >= 0.3 is 0 Å². The molecule has 0 unspecified atom stereocenters. The predicted octanol–water partition coefficient (Wildman–Crippen LogP) is 2.37. The molecule has 21 heavy (non-hydrogen) atoms. The second kappa shape index (κ2) is 6.01. The molecule has 110 valence electrons. The smallest absolute Gasteiger partial charge is 0.272 e. The van der Waals surface area contributed by atoms with Gasteiger partial charge in [0.1, 0.15) is 11.4 Å². The van der Waals surface area contributed by atoms with E-state index in [-0.39, 0.29) is 11.7 Å². The summed E-state index contributed by atoms with van der Waals surface area (Å²) in [6.45, 7) is 1.98. The normalized spacial score (nSPS) is 15.8. The topological polar surface area (TPSA) is 66.3 Å². The summed E-state index contributed by atoms with van der Waals surface area (Å²) in [6, 6.07) is 10.6. The van der Waals surface area contributed by atoms with E-state index in [1.807, 2.05) is 18.3 Å². The van der Waals surface area contributed by atoms with Gasteiger partial charge in [0.2, 0.25) is 0 Å². The maximum absolute atomic E-state index is 12.4. The fraction of sp³-hybridized carbons (Fsp3) is 0.312. The number of rotatable bonds is 3. The number of phenolic OH excluding ortho intramolecular Hbond substituents is 1. The number of carbonyl (C=O) groups excluding carboxylic acids is 1. The van der Waals surface area contributed by atoms with Crippen molar-refractivity contribution in [2.45, 2.75) is 18.9 Å². The first-order chi connectivity index (χ1) is 10.2. The number of hydrogen-bond donors (Lipinski definition) is 3. The largest absolute Gasteiger partial charge is 0.508 e. The molecule has 2 heterocycles. The van der Waals surface area contributed by atoms with Gasteiger partial charge in [-0.25, -0.2) is 0 Å². The lowest BCUT2D eigenvalue weighted by atomic mass is 10.1. The summed E-state index contributed by atoms with van der Waals surface area (Å²) in [5.41, 5.74) is 1.35. The summed E-state index contributed by atoms with van der Waals surface area (Å²) in [4.78, 5) is 12.4. The molecule has 1 saturated heterocycles. The molecular formula is C16H19N3O2. The first-order valence-electron chi connectivity index (χ1n) is 7.22. The minimum absolute atomic E-state index is 0.121. The van der Waals surface area contributed by atoms with E-state index in [1.165, 1.54) is 0 Å². The molecule has 1 fully saturated rings. The summed E-state index contributed by atoms with van der Waals surface area (Å²) in [6.07, 6.45) is 4.05. The monoisotopic (exact) mass is 285 g/mol. The van der Waals surface area contributed by atoms with Crippen LogP contribution in [0.4, 0.5) is 5.69 Å². The van der Waals surface area contributed by atoms with Gasteiger partial charge in [-0.05, 0) is 62.3 Å². The first kappa shape index (κ1) is 13.7. The van der Waals surface area contributed by atoms with Gasteiger partial charge in [0.15, 0.2) is 0 Å². The van der Waals surface area contributed by atoms with Crippen LogP contribution in [0.25, 0.3) is 0 Å². The predicted molar refractivity (Wildman–Crippen MR) is 81.6 cm³/mol. The van der Waals surface area contributed by atoms with Crippen molar-refractivity contribution in [1.29, 1.82) is 0 Å². The highest BCUT2D eigenvalue weighted by molar-refractivity contribution is 6.03. The van der Waals surface area contributed by atoms with Crippen molar-refractivity contribution < 1.29 is 9.90 Å². The summed E-state index contributed by atoms with van der Waals surface area (Å²) < 4.78 is 2.07. The second-order valence-electron chi connectivity index (χ2n) is 5.28. The van der Waals surface area contributed by atoms with Gasteiger partial charge in [0.25, 0.3) is 5.91 Å². The third kappa shape index (κ3) is 3.08. The lowest BCUT2D eigenvalue weighted by molar-refractivity contribution is 0.101. The number of aromatic nitrogens is 1. The van der Waals surface area contributed by atoms with E-state index in [4.69, 9.17) is 0 Å². The Morgan fingerprint density at radius 3 is 2.62 bits per heavy atom. The Morgan fingerprint density at radius 1 is 1.19 bits per heavy atom. The van der Waals surface area contributed by atoms with Gasteiger partial charge in [-0.3, -0.25) is 4.79 Å². The highest BCUT2D eigenvalue weighted by atomic mass is 16.3. The van der Waals surface area contributed by atoms with Crippen LogP contribution in [-0.4, -0.2) is 28.7 Å². The van der Waals surface area contributed by atoms with E-state index in [0.717, 1.165) is 25.9 Å². The van der Waals surface area contributed by atoms with E-state index in [9.17, 15) is 9.90 Å². The number of hydrogen-bond acceptors (Lipinski definition) is 3. The van der Waals surface area contributed by atoms with Crippen LogP contribution in [0.2, 0.25) is 0 Å². The Labute approximate surface area is 123 Å². The molecule has 0 atom stereocenters. The van der Waals surface area contributed by atoms with Crippen LogP contribution in [0.15, 0.2) is 42.6 Å². The third-order valence-electron chi connectivity index (χ3n) is 3.84. The summed E-state index contributed by atoms with van der Waals surface area (Å²) in [5, 5.41) is 15.5. The zero-order valence-corrected chi connectivity index (χ0v) is 11.7. The number of nitrogens with zero attached hydrogens (tertiary/aromatic N) is 1. The molecule has 0 radical (unpaired) electrons. The van der Waals surface area contributed by atoms with Crippen molar-refractivity contribution in [2.75, 3.05) is 18.4 Å².